The fourth-order valence-corrected chi connectivity index (χ4v) is 0.569. The predicted molar refractivity (Wildman–Crippen MR) is 45.9 cm³/mol. The van der Waals surface area contributed by atoms with Gasteiger partial charge >= 0.3 is 6.09 Å². The molecule has 1 amide bonds. The molecule has 13 heavy (non-hydrogen) atoms. The smallest absolute Gasteiger partial charge is 0.408 e. The van der Waals surface area contributed by atoms with Crippen LogP contribution in [0.1, 0.15) is 20.8 Å². The molecule has 0 fully saturated rings. The number of aliphatic hydroxyl groups is 1. The van der Waals surface area contributed by atoms with Crippen molar-refractivity contribution in [3.63, 3.8) is 0 Å². The Morgan fingerprint density at radius 2 is 2.23 bits per heavy atom. The topological polar surface area (TPSA) is 82.3 Å². The van der Waals surface area contributed by atoms with E-state index in [0.29, 0.717) is 0 Å². The first-order valence-electron chi connectivity index (χ1n) is 3.89. The van der Waals surface area contributed by atoms with Crippen LogP contribution in [-0.4, -0.2) is 29.4 Å². The SMILES string of the molecule is CC(C)(C)OC(=O)N[C@@H](C#N)CO. The second-order valence-electron chi connectivity index (χ2n) is 3.51. The Hall–Kier alpha value is -1.28. The van der Waals surface area contributed by atoms with Gasteiger partial charge in [0.15, 0.2) is 0 Å². The third kappa shape index (κ3) is 5.93. The number of aliphatic hydroxyl groups excluding tert-OH is 1. The van der Waals surface area contributed by atoms with Crippen LogP contribution in [0, 0.1) is 11.3 Å². The quantitative estimate of drug-likeness (QED) is 0.653. The first-order chi connectivity index (χ1) is 5.89. The van der Waals surface area contributed by atoms with Gasteiger partial charge in [-0.05, 0) is 20.8 Å². The predicted octanol–water partition coefficient (Wildman–Crippen LogP) is 0.396. The zero-order valence-electron chi connectivity index (χ0n) is 8.00. The van der Waals surface area contributed by atoms with Gasteiger partial charge in [-0.1, -0.05) is 0 Å². The Balaban J connectivity index is 3.96. The average Bonchev–Trinajstić information content (AvgIpc) is 1.96. The molecule has 0 rings (SSSR count). The molecular formula is C8H14N2O3. The van der Waals surface area contributed by atoms with Crippen LogP contribution in [0.2, 0.25) is 0 Å². The van der Waals surface area contributed by atoms with Crippen molar-refractivity contribution in [1.82, 2.24) is 5.32 Å². The van der Waals surface area contributed by atoms with Crippen LogP contribution in [0.25, 0.3) is 0 Å². The Morgan fingerprint density at radius 3 is 2.54 bits per heavy atom. The van der Waals surface area contributed by atoms with Gasteiger partial charge in [0, 0.05) is 0 Å². The zero-order chi connectivity index (χ0) is 10.5. The lowest BCUT2D eigenvalue weighted by Gasteiger charge is -2.20. The maximum absolute atomic E-state index is 11.0. The lowest BCUT2D eigenvalue weighted by Crippen LogP contribution is -2.40. The fraction of sp³-hybridized carbons (Fsp3) is 0.750. The van der Waals surface area contributed by atoms with Crippen LogP contribution in [0.5, 0.6) is 0 Å². The molecule has 0 aromatic heterocycles. The van der Waals surface area contributed by atoms with Crippen LogP contribution >= 0.6 is 0 Å². The number of nitriles is 1. The highest BCUT2D eigenvalue weighted by Gasteiger charge is 2.18. The van der Waals surface area contributed by atoms with Gasteiger partial charge in [0.25, 0.3) is 0 Å². The second-order valence-corrected chi connectivity index (χ2v) is 3.51. The average molecular weight is 186 g/mol. The number of ether oxygens (including phenoxy) is 1. The summed E-state index contributed by atoms with van der Waals surface area (Å²) in [5, 5.41) is 19.2. The van der Waals surface area contributed by atoms with E-state index >= 15 is 0 Å². The summed E-state index contributed by atoms with van der Waals surface area (Å²) in [6, 6.07) is 0.799. The lowest BCUT2D eigenvalue weighted by molar-refractivity contribution is 0.0500. The minimum absolute atomic E-state index is 0.421. The molecule has 0 aliphatic rings. The van der Waals surface area contributed by atoms with E-state index in [1.165, 1.54) is 0 Å². The number of carbonyl (C=O) groups is 1. The molecule has 0 saturated heterocycles. The van der Waals surface area contributed by atoms with Gasteiger partial charge in [0.1, 0.15) is 11.6 Å². The van der Waals surface area contributed by atoms with Gasteiger partial charge < -0.3 is 15.2 Å². The molecule has 0 bridgehead atoms. The third-order valence-electron chi connectivity index (χ3n) is 1.03. The molecule has 5 heteroatoms. The largest absolute Gasteiger partial charge is 0.444 e. The van der Waals surface area contributed by atoms with Crippen LogP contribution in [0.3, 0.4) is 0 Å². The number of rotatable bonds is 2. The summed E-state index contributed by atoms with van der Waals surface area (Å²) in [5.74, 6) is 0. The number of alkyl carbamates (subject to hydrolysis) is 1. The van der Waals surface area contributed by atoms with Gasteiger partial charge in [-0.3, -0.25) is 0 Å². The Labute approximate surface area is 77.3 Å². The number of amides is 1. The summed E-state index contributed by atoms with van der Waals surface area (Å²) in [4.78, 5) is 11.0. The zero-order valence-corrected chi connectivity index (χ0v) is 8.00. The van der Waals surface area contributed by atoms with Crippen LogP contribution in [-0.2, 0) is 4.74 Å². The van der Waals surface area contributed by atoms with Crippen molar-refractivity contribution in [2.75, 3.05) is 6.61 Å². The standard InChI is InChI=1S/C8H14N2O3/c1-8(2,3)13-7(12)10-6(4-9)5-11/h6,11H,5H2,1-3H3,(H,10,12)/t6-/m0/s1. The third-order valence-corrected chi connectivity index (χ3v) is 1.03. The summed E-state index contributed by atoms with van der Waals surface area (Å²) in [5.41, 5.74) is -0.598. The number of hydrogen-bond acceptors (Lipinski definition) is 4. The summed E-state index contributed by atoms with van der Waals surface area (Å²) in [7, 11) is 0. The van der Waals surface area contributed by atoms with Crippen molar-refractivity contribution in [3.05, 3.63) is 0 Å². The molecule has 0 unspecified atom stereocenters. The fourth-order valence-electron chi connectivity index (χ4n) is 0.569. The van der Waals surface area contributed by atoms with E-state index in [-0.39, 0.29) is 0 Å². The van der Waals surface area contributed by atoms with E-state index in [1.54, 1.807) is 26.8 Å². The van der Waals surface area contributed by atoms with Crippen LogP contribution in [0.4, 0.5) is 4.79 Å². The van der Waals surface area contributed by atoms with Gasteiger partial charge in [-0.25, -0.2) is 4.79 Å². The minimum Gasteiger partial charge on any atom is -0.444 e. The molecule has 0 aliphatic carbocycles. The van der Waals surface area contributed by atoms with E-state index in [0.717, 1.165) is 0 Å². The number of nitrogens with one attached hydrogen (secondary N) is 1. The second kappa shape index (κ2) is 4.67. The number of carbonyl (C=O) groups excluding carboxylic acids is 1. The Bertz CT molecular complexity index is 214. The molecule has 0 spiro atoms. The highest BCUT2D eigenvalue weighted by molar-refractivity contribution is 5.68. The first kappa shape index (κ1) is 11.7. The summed E-state index contributed by atoms with van der Waals surface area (Å²) in [6.07, 6.45) is -0.701. The van der Waals surface area contributed by atoms with Gasteiger partial charge in [-0.2, -0.15) is 5.26 Å². The molecule has 0 radical (unpaired) electrons. The molecule has 74 valence electrons. The number of nitrogens with zero attached hydrogens (tertiary/aromatic N) is 1. The minimum atomic E-state index is -0.908. The lowest BCUT2D eigenvalue weighted by atomic mass is 10.2. The van der Waals surface area contributed by atoms with Crippen molar-refractivity contribution in [1.29, 1.82) is 5.26 Å². The van der Waals surface area contributed by atoms with Crippen molar-refractivity contribution >= 4 is 6.09 Å². The van der Waals surface area contributed by atoms with Crippen LogP contribution in [0.15, 0.2) is 0 Å². The molecule has 0 aromatic carbocycles. The van der Waals surface area contributed by atoms with Gasteiger partial charge in [0.05, 0.1) is 12.7 Å². The van der Waals surface area contributed by atoms with E-state index in [4.69, 9.17) is 15.1 Å². The number of hydrogen-bond donors (Lipinski definition) is 2. The van der Waals surface area contributed by atoms with E-state index in [9.17, 15) is 4.79 Å². The molecule has 1 atom stereocenters. The Kier molecular flexibility index (Phi) is 4.21. The first-order valence-corrected chi connectivity index (χ1v) is 3.89. The van der Waals surface area contributed by atoms with Crippen molar-refractivity contribution in [2.45, 2.75) is 32.4 Å². The molecule has 5 nitrogen and oxygen atoms in total. The summed E-state index contributed by atoms with van der Waals surface area (Å²) in [6.45, 7) is 4.72. The van der Waals surface area contributed by atoms with Gasteiger partial charge in [0.2, 0.25) is 0 Å². The summed E-state index contributed by atoms with van der Waals surface area (Å²) < 4.78 is 4.86. The monoisotopic (exact) mass is 186 g/mol. The van der Waals surface area contributed by atoms with E-state index < -0.39 is 24.3 Å². The van der Waals surface area contributed by atoms with Crippen molar-refractivity contribution in [2.24, 2.45) is 0 Å². The Morgan fingerprint density at radius 1 is 1.69 bits per heavy atom. The molecule has 0 aliphatic heterocycles. The molecular weight excluding hydrogens is 172 g/mol. The maximum Gasteiger partial charge on any atom is 0.408 e. The van der Waals surface area contributed by atoms with E-state index in [2.05, 4.69) is 5.32 Å². The normalized spacial score (nSPS) is 12.8. The van der Waals surface area contributed by atoms with Gasteiger partial charge in [-0.15, -0.1) is 0 Å². The molecule has 0 saturated carbocycles. The molecule has 0 heterocycles. The highest BCUT2D eigenvalue weighted by atomic mass is 16.6. The summed E-state index contributed by atoms with van der Waals surface area (Å²) >= 11 is 0. The van der Waals surface area contributed by atoms with E-state index in [1.807, 2.05) is 0 Å². The van der Waals surface area contributed by atoms with Crippen molar-refractivity contribution < 1.29 is 14.6 Å². The van der Waals surface area contributed by atoms with Crippen molar-refractivity contribution in [3.8, 4) is 6.07 Å². The highest BCUT2D eigenvalue weighted by Crippen LogP contribution is 2.06. The molecule has 0 aromatic rings. The maximum atomic E-state index is 11.0. The van der Waals surface area contributed by atoms with Crippen LogP contribution < -0.4 is 5.32 Å². The molecule has 2 N–H and O–H groups in total.